The van der Waals surface area contributed by atoms with Gasteiger partial charge in [-0.2, -0.15) is 0 Å². The first-order valence-electron chi connectivity index (χ1n) is 9.00. The molecule has 0 amide bonds. The Kier molecular flexibility index (Phi) is 5.31. The summed E-state index contributed by atoms with van der Waals surface area (Å²) in [6.07, 6.45) is 6.21. The number of hydrogen-bond acceptors (Lipinski definition) is 2. The van der Waals surface area contributed by atoms with E-state index in [1.165, 1.54) is 22.0 Å². The minimum Gasteiger partial charge on any atom is -0.353 e. The molecule has 2 heterocycles. The molecule has 3 rings (SSSR count). The van der Waals surface area contributed by atoms with Crippen LogP contribution >= 0.6 is 0 Å². The number of nitrogens with one attached hydrogen (secondary N) is 1. The molecule has 2 aromatic heterocycles. The predicted octanol–water partition coefficient (Wildman–Crippen LogP) is 5.02. The average molecular weight is 321 g/mol. The largest absolute Gasteiger partial charge is 0.353 e. The fraction of sp³-hybridized carbons (Fsp3) is 0.381. The van der Waals surface area contributed by atoms with Gasteiger partial charge in [-0.1, -0.05) is 26.0 Å². The third kappa shape index (κ3) is 3.36. The van der Waals surface area contributed by atoms with Crippen LogP contribution in [0.2, 0.25) is 0 Å². The summed E-state index contributed by atoms with van der Waals surface area (Å²) in [6, 6.07) is 12.9. The fourth-order valence-electron chi connectivity index (χ4n) is 3.24. The van der Waals surface area contributed by atoms with Gasteiger partial charge in [0, 0.05) is 17.1 Å². The van der Waals surface area contributed by atoms with Gasteiger partial charge in [0.1, 0.15) is 0 Å². The Morgan fingerprint density at radius 1 is 1.17 bits per heavy atom. The van der Waals surface area contributed by atoms with Crippen molar-refractivity contribution in [2.24, 2.45) is 5.73 Å². The predicted molar refractivity (Wildman–Crippen MR) is 102 cm³/mol. The van der Waals surface area contributed by atoms with Crippen molar-refractivity contribution in [3.05, 3.63) is 53.7 Å². The quantitative estimate of drug-likeness (QED) is 0.600. The van der Waals surface area contributed by atoms with E-state index in [-0.39, 0.29) is 0 Å². The van der Waals surface area contributed by atoms with E-state index in [2.05, 4.69) is 48.1 Å². The van der Waals surface area contributed by atoms with Crippen LogP contribution in [0.1, 0.15) is 50.2 Å². The number of hydrogen-bond donors (Lipinski definition) is 2. The first-order chi connectivity index (χ1) is 11.7. The van der Waals surface area contributed by atoms with Crippen molar-refractivity contribution in [3.63, 3.8) is 0 Å². The van der Waals surface area contributed by atoms with Gasteiger partial charge in [-0.05, 0) is 73.5 Å². The molecule has 24 heavy (non-hydrogen) atoms. The van der Waals surface area contributed by atoms with Crippen molar-refractivity contribution < 1.29 is 0 Å². The summed E-state index contributed by atoms with van der Waals surface area (Å²) in [4.78, 5) is 8.15. The van der Waals surface area contributed by atoms with Gasteiger partial charge in [-0.15, -0.1) is 0 Å². The third-order valence-corrected chi connectivity index (χ3v) is 4.91. The van der Waals surface area contributed by atoms with Crippen LogP contribution in [0.25, 0.3) is 22.3 Å². The Hall–Kier alpha value is -2.13. The lowest BCUT2D eigenvalue weighted by Gasteiger charge is -2.09. The number of benzene rings is 1. The zero-order chi connectivity index (χ0) is 16.9. The van der Waals surface area contributed by atoms with Gasteiger partial charge in [0.25, 0.3) is 0 Å². The summed E-state index contributed by atoms with van der Waals surface area (Å²) >= 11 is 0. The number of aromatic nitrogens is 2. The van der Waals surface area contributed by atoms with E-state index in [0.717, 1.165) is 43.6 Å². The number of nitrogens with zero attached hydrogens (tertiary/aromatic N) is 1. The van der Waals surface area contributed by atoms with E-state index < -0.39 is 0 Å². The molecule has 3 N–H and O–H groups in total. The molecule has 0 bridgehead atoms. The number of fused-ring (bicyclic) bond motifs is 1. The lowest BCUT2D eigenvalue weighted by atomic mass is 9.95. The van der Waals surface area contributed by atoms with Crippen molar-refractivity contribution in [1.29, 1.82) is 0 Å². The van der Waals surface area contributed by atoms with Gasteiger partial charge in [0.2, 0.25) is 0 Å². The molecular weight excluding hydrogens is 294 g/mol. The summed E-state index contributed by atoms with van der Waals surface area (Å²) in [5.41, 5.74) is 11.9. The molecule has 1 aromatic carbocycles. The highest BCUT2D eigenvalue weighted by molar-refractivity contribution is 5.90. The number of H-pyrrole nitrogens is 1. The molecule has 3 nitrogen and oxygen atoms in total. The minimum atomic E-state index is 0.583. The van der Waals surface area contributed by atoms with Crippen molar-refractivity contribution >= 4 is 10.9 Å². The Balaban J connectivity index is 2.10. The van der Waals surface area contributed by atoms with Crippen LogP contribution in [0.3, 0.4) is 0 Å². The summed E-state index contributed by atoms with van der Waals surface area (Å²) in [6.45, 7) is 5.29. The van der Waals surface area contributed by atoms with E-state index >= 15 is 0 Å². The minimum absolute atomic E-state index is 0.583. The van der Waals surface area contributed by atoms with Crippen LogP contribution < -0.4 is 5.73 Å². The monoisotopic (exact) mass is 321 g/mol. The van der Waals surface area contributed by atoms with Gasteiger partial charge >= 0.3 is 0 Å². The number of aryl methyl sites for hydroxylation is 1. The van der Waals surface area contributed by atoms with Crippen LogP contribution in [0.15, 0.2) is 42.6 Å². The maximum atomic E-state index is 5.69. The molecule has 1 unspecified atom stereocenters. The number of aromatic amines is 1. The molecule has 0 spiro atoms. The van der Waals surface area contributed by atoms with Crippen LogP contribution in [0.4, 0.5) is 0 Å². The molecule has 0 saturated heterocycles. The molecule has 0 fully saturated rings. The number of pyridine rings is 1. The molecule has 1 atom stereocenters. The SMILES string of the molecule is CCC(C)c1ccc2[nH]c(-c3ccccn3)c(CCCCN)c2c1. The van der Waals surface area contributed by atoms with Crippen molar-refractivity contribution in [2.75, 3.05) is 6.54 Å². The van der Waals surface area contributed by atoms with E-state index in [1.807, 2.05) is 18.3 Å². The second kappa shape index (κ2) is 7.63. The third-order valence-electron chi connectivity index (χ3n) is 4.91. The van der Waals surface area contributed by atoms with Gasteiger partial charge in [-0.25, -0.2) is 0 Å². The van der Waals surface area contributed by atoms with E-state index in [4.69, 9.17) is 5.73 Å². The van der Waals surface area contributed by atoms with Crippen LogP contribution in [0.5, 0.6) is 0 Å². The van der Waals surface area contributed by atoms with E-state index in [0.29, 0.717) is 5.92 Å². The second-order valence-electron chi connectivity index (χ2n) is 6.55. The molecule has 0 aliphatic rings. The summed E-state index contributed by atoms with van der Waals surface area (Å²) in [7, 11) is 0. The number of rotatable bonds is 7. The van der Waals surface area contributed by atoms with Crippen LogP contribution in [-0.2, 0) is 6.42 Å². The highest BCUT2D eigenvalue weighted by atomic mass is 14.8. The van der Waals surface area contributed by atoms with Crippen molar-refractivity contribution in [3.8, 4) is 11.4 Å². The highest BCUT2D eigenvalue weighted by Gasteiger charge is 2.15. The Bertz CT molecular complexity index is 789. The number of unbranched alkanes of at least 4 members (excludes halogenated alkanes) is 1. The maximum absolute atomic E-state index is 5.69. The first-order valence-corrected chi connectivity index (χ1v) is 9.00. The Labute approximate surface area is 144 Å². The first kappa shape index (κ1) is 16.7. The van der Waals surface area contributed by atoms with Crippen LogP contribution in [0, 0.1) is 0 Å². The van der Waals surface area contributed by atoms with Crippen molar-refractivity contribution in [2.45, 2.75) is 45.4 Å². The zero-order valence-electron chi connectivity index (χ0n) is 14.7. The topological polar surface area (TPSA) is 54.7 Å². The van der Waals surface area contributed by atoms with E-state index in [9.17, 15) is 0 Å². The number of nitrogens with two attached hydrogens (primary N) is 1. The zero-order valence-corrected chi connectivity index (χ0v) is 14.7. The molecule has 3 aromatic rings. The standard InChI is InChI=1S/C21H27N3/c1-3-15(2)16-10-11-19-18(14-16)17(8-4-6-12-22)21(24-19)20-9-5-7-13-23-20/h5,7,9-11,13-15,24H,3-4,6,8,12,22H2,1-2H3. The Morgan fingerprint density at radius 3 is 2.75 bits per heavy atom. The normalized spacial score (nSPS) is 12.6. The van der Waals surface area contributed by atoms with Gasteiger partial charge in [0.15, 0.2) is 0 Å². The van der Waals surface area contributed by atoms with Crippen molar-refractivity contribution in [1.82, 2.24) is 9.97 Å². The van der Waals surface area contributed by atoms with E-state index in [1.54, 1.807) is 0 Å². The molecule has 0 aliphatic heterocycles. The smallest absolute Gasteiger partial charge is 0.0867 e. The Morgan fingerprint density at radius 2 is 2.04 bits per heavy atom. The molecule has 0 saturated carbocycles. The molecule has 0 aliphatic carbocycles. The summed E-state index contributed by atoms with van der Waals surface area (Å²) < 4.78 is 0. The van der Waals surface area contributed by atoms with Crippen LogP contribution in [-0.4, -0.2) is 16.5 Å². The average Bonchev–Trinajstić information content (AvgIpc) is 3.00. The van der Waals surface area contributed by atoms with Gasteiger partial charge < -0.3 is 10.7 Å². The maximum Gasteiger partial charge on any atom is 0.0867 e. The second-order valence-corrected chi connectivity index (χ2v) is 6.55. The fourth-order valence-corrected chi connectivity index (χ4v) is 3.24. The molecule has 3 heteroatoms. The molecule has 0 radical (unpaired) electrons. The molecular formula is C21H27N3. The lowest BCUT2D eigenvalue weighted by molar-refractivity contribution is 0.734. The summed E-state index contributed by atoms with van der Waals surface area (Å²) in [5, 5.41) is 1.34. The van der Waals surface area contributed by atoms with Gasteiger partial charge in [0.05, 0.1) is 11.4 Å². The lowest BCUT2D eigenvalue weighted by Crippen LogP contribution is -1.99. The summed E-state index contributed by atoms with van der Waals surface area (Å²) in [5.74, 6) is 0.583. The molecule has 126 valence electrons. The van der Waals surface area contributed by atoms with Gasteiger partial charge in [-0.3, -0.25) is 4.98 Å². The highest BCUT2D eigenvalue weighted by Crippen LogP contribution is 2.33.